The van der Waals surface area contributed by atoms with E-state index < -0.39 is 0 Å². The molecule has 0 bridgehead atoms. The minimum absolute atomic E-state index is 0.258. The Labute approximate surface area is 117 Å². The van der Waals surface area contributed by atoms with Gasteiger partial charge in [-0.2, -0.15) is 9.78 Å². The summed E-state index contributed by atoms with van der Waals surface area (Å²) < 4.78 is 2.17. The summed E-state index contributed by atoms with van der Waals surface area (Å²) in [7, 11) is 0. The molecule has 0 atom stereocenters. The summed E-state index contributed by atoms with van der Waals surface area (Å²) in [5, 5.41) is 4.00. The monoisotopic (exact) mass is 315 g/mol. The van der Waals surface area contributed by atoms with Crippen molar-refractivity contribution in [3.05, 3.63) is 69.8 Å². The Bertz CT molecular complexity index is 762. The lowest BCUT2D eigenvalue weighted by Gasteiger charge is -2.09. The van der Waals surface area contributed by atoms with Gasteiger partial charge < -0.3 is 0 Å². The molecule has 2 aromatic carbocycles. The highest BCUT2D eigenvalue weighted by molar-refractivity contribution is 9.10. The van der Waals surface area contributed by atoms with E-state index in [0.29, 0.717) is 5.69 Å². The molecule has 0 saturated heterocycles. The zero-order chi connectivity index (χ0) is 13.2. The van der Waals surface area contributed by atoms with Crippen LogP contribution in [-0.2, 0) is 0 Å². The molecule has 0 spiro atoms. The van der Waals surface area contributed by atoms with E-state index in [2.05, 4.69) is 26.0 Å². The van der Waals surface area contributed by atoms with Gasteiger partial charge in [0, 0.05) is 0 Å². The molecular weight excluding hydrogens is 306 g/mol. The molecule has 0 unspecified atom stereocenters. The van der Waals surface area contributed by atoms with Crippen molar-refractivity contribution in [2.45, 2.75) is 0 Å². The lowest BCUT2D eigenvalue weighted by molar-refractivity contribution is 0.839. The highest BCUT2D eigenvalue weighted by atomic mass is 79.9. The highest BCUT2D eigenvalue weighted by Gasteiger charge is 2.11. The molecule has 0 aliphatic heterocycles. The minimum atomic E-state index is -0.258. The van der Waals surface area contributed by atoms with E-state index in [-0.39, 0.29) is 5.69 Å². The average Bonchev–Trinajstić information content (AvgIpc) is 2.86. The molecule has 0 saturated carbocycles. The summed E-state index contributed by atoms with van der Waals surface area (Å²) in [6, 6.07) is 15.7. The van der Waals surface area contributed by atoms with Crippen LogP contribution in [0, 0.1) is 0 Å². The topological polar surface area (TPSA) is 50.7 Å². The predicted octanol–water partition coefficient (Wildman–Crippen LogP) is 2.99. The Morgan fingerprint density at radius 3 is 2.53 bits per heavy atom. The molecule has 1 heterocycles. The molecule has 0 aliphatic rings. The van der Waals surface area contributed by atoms with Crippen molar-refractivity contribution in [3.63, 3.8) is 0 Å². The first kappa shape index (κ1) is 11.9. The summed E-state index contributed by atoms with van der Waals surface area (Å²) in [5.41, 5.74) is 2.56. The molecule has 19 heavy (non-hydrogen) atoms. The first-order chi connectivity index (χ1) is 9.27. The van der Waals surface area contributed by atoms with Crippen molar-refractivity contribution in [2.24, 2.45) is 0 Å². The maximum Gasteiger partial charge on any atom is 0.347 e. The van der Waals surface area contributed by atoms with Gasteiger partial charge in [0.25, 0.3) is 0 Å². The van der Waals surface area contributed by atoms with Crippen LogP contribution in [-0.4, -0.2) is 14.8 Å². The molecule has 4 nitrogen and oxygen atoms in total. The van der Waals surface area contributed by atoms with Crippen molar-refractivity contribution in [1.82, 2.24) is 14.8 Å². The fraction of sp³-hybridized carbons (Fsp3) is 0. The van der Waals surface area contributed by atoms with Crippen molar-refractivity contribution >= 4 is 15.9 Å². The molecule has 3 rings (SSSR count). The lowest BCUT2D eigenvalue weighted by Crippen LogP contribution is -2.16. The van der Waals surface area contributed by atoms with Gasteiger partial charge in [0.05, 0.1) is 10.2 Å². The summed E-state index contributed by atoms with van der Waals surface area (Å²) in [6.45, 7) is 0. The standard InChI is InChI=1S/C14H10BrN3O/c15-13-11(10-5-2-1-3-6-10)7-4-8-12(13)18-14(19)16-9-17-18/h1-9H,(H,16,17,19). The van der Waals surface area contributed by atoms with Gasteiger partial charge in [-0.1, -0.05) is 42.5 Å². The van der Waals surface area contributed by atoms with Crippen LogP contribution < -0.4 is 5.69 Å². The fourth-order valence-corrected chi connectivity index (χ4v) is 2.61. The SMILES string of the molecule is O=c1[nH]cnn1-c1cccc(-c2ccccc2)c1Br. The van der Waals surface area contributed by atoms with Gasteiger partial charge in [-0.25, -0.2) is 4.79 Å². The van der Waals surface area contributed by atoms with Gasteiger partial charge in [0.15, 0.2) is 0 Å². The maximum absolute atomic E-state index is 11.6. The van der Waals surface area contributed by atoms with Gasteiger partial charge in [0.2, 0.25) is 0 Å². The van der Waals surface area contributed by atoms with Crippen LogP contribution in [0.4, 0.5) is 0 Å². The molecule has 3 aromatic rings. The van der Waals surface area contributed by atoms with Gasteiger partial charge in [-0.05, 0) is 33.1 Å². The van der Waals surface area contributed by atoms with Crippen molar-refractivity contribution in [3.8, 4) is 16.8 Å². The van der Waals surface area contributed by atoms with Crippen LogP contribution >= 0.6 is 15.9 Å². The third-order valence-electron chi connectivity index (χ3n) is 2.84. The van der Waals surface area contributed by atoms with E-state index in [9.17, 15) is 4.79 Å². The quantitative estimate of drug-likeness (QED) is 0.790. The number of hydrogen-bond donors (Lipinski definition) is 1. The number of benzene rings is 2. The van der Waals surface area contributed by atoms with Crippen LogP contribution in [0.5, 0.6) is 0 Å². The molecular formula is C14H10BrN3O. The smallest absolute Gasteiger partial charge is 0.295 e. The number of aromatic nitrogens is 3. The summed E-state index contributed by atoms with van der Waals surface area (Å²) in [5.74, 6) is 0. The molecule has 1 N–H and O–H groups in total. The van der Waals surface area contributed by atoms with Crippen molar-refractivity contribution < 1.29 is 0 Å². The van der Waals surface area contributed by atoms with E-state index in [4.69, 9.17) is 0 Å². The summed E-state index contributed by atoms with van der Waals surface area (Å²) in [4.78, 5) is 14.2. The third kappa shape index (κ3) is 2.13. The van der Waals surface area contributed by atoms with E-state index in [0.717, 1.165) is 15.6 Å². The Kier molecular flexibility index (Phi) is 3.05. The molecule has 94 valence electrons. The van der Waals surface area contributed by atoms with Gasteiger partial charge in [-0.3, -0.25) is 4.98 Å². The van der Waals surface area contributed by atoms with E-state index in [1.165, 1.54) is 11.0 Å². The van der Waals surface area contributed by atoms with Crippen LogP contribution in [0.1, 0.15) is 0 Å². The Balaban J connectivity index is 2.21. The van der Waals surface area contributed by atoms with Crippen LogP contribution in [0.3, 0.4) is 0 Å². The summed E-state index contributed by atoms with van der Waals surface area (Å²) >= 11 is 3.56. The Hall–Kier alpha value is -2.14. The highest BCUT2D eigenvalue weighted by Crippen LogP contribution is 2.32. The number of H-pyrrole nitrogens is 1. The zero-order valence-electron chi connectivity index (χ0n) is 9.88. The normalized spacial score (nSPS) is 10.6. The lowest BCUT2D eigenvalue weighted by atomic mass is 10.1. The second kappa shape index (κ2) is 4.85. The van der Waals surface area contributed by atoms with E-state index >= 15 is 0 Å². The predicted molar refractivity (Wildman–Crippen MR) is 77.3 cm³/mol. The van der Waals surface area contributed by atoms with Gasteiger partial charge >= 0.3 is 5.69 Å². The van der Waals surface area contributed by atoms with Crippen LogP contribution in [0.15, 0.2) is 64.1 Å². The molecule has 0 fully saturated rings. The van der Waals surface area contributed by atoms with Crippen LogP contribution in [0.25, 0.3) is 16.8 Å². The number of aromatic amines is 1. The molecule has 0 amide bonds. The second-order valence-corrected chi connectivity index (χ2v) is 4.80. The van der Waals surface area contributed by atoms with Crippen LogP contribution in [0.2, 0.25) is 0 Å². The van der Waals surface area contributed by atoms with Gasteiger partial charge in [0.1, 0.15) is 6.33 Å². The van der Waals surface area contributed by atoms with E-state index in [1.54, 1.807) is 0 Å². The Morgan fingerprint density at radius 1 is 1.05 bits per heavy atom. The Morgan fingerprint density at radius 2 is 1.84 bits per heavy atom. The van der Waals surface area contributed by atoms with Gasteiger partial charge in [-0.15, -0.1) is 0 Å². The van der Waals surface area contributed by atoms with Crippen molar-refractivity contribution in [1.29, 1.82) is 0 Å². The largest absolute Gasteiger partial charge is 0.347 e. The number of rotatable bonds is 2. The number of halogens is 1. The van der Waals surface area contributed by atoms with Crippen molar-refractivity contribution in [2.75, 3.05) is 0 Å². The molecule has 5 heteroatoms. The minimum Gasteiger partial charge on any atom is -0.295 e. The molecule has 0 radical (unpaired) electrons. The first-order valence-electron chi connectivity index (χ1n) is 5.74. The van der Waals surface area contributed by atoms with E-state index in [1.807, 2.05) is 48.5 Å². The average molecular weight is 316 g/mol. The molecule has 0 aliphatic carbocycles. The third-order valence-corrected chi connectivity index (χ3v) is 3.68. The number of nitrogens with one attached hydrogen (secondary N) is 1. The maximum atomic E-state index is 11.6. The fourth-order valence-electron chi connectivity index (χ4n) is 1.95. The summed E-state index contributed by atoms with van der Waals surface area (Å²) in [6.07, 6.45) is 1.38. The molecule has 1 aromatic heterocycles. The second-order valence-electron chi connectivity index (χ2n) is 4.01. The first-order valence-corrected chi connectivity index (χ1v) is 6.53. The number of nitrogens with zero attached hydrogens (tertiary/aromatic N) is 2. The zero-order valence-corrected chi connectivity index (χ0v) is 11.5. The number of hydrogen-bond acceptors (Lipinski definition) is 2.